The number of nitrogens with one attached hydrogen (secondary N) is 2. The summed E-state index contributed by atoms with van der Waals surface area (Å²) >= 11 is 0. The predicted octanol–water partition coefficient (Wildman–Crippen LogP) is 4.49. The number of para-hydroxylation sites is 1. The maximum atomic E-state index is 13.7. The molecule has 5 rings (SSSR count). The summed E-state index contributed by atoms with van der Waals surface area (Å²) in [5.74, 6) is -0.171. The van der Waals surface area contributed by atoms with Crippen LogP contribution >= 0.6 is 0 Å². The van der Waals surface area contributed by atoms with Gasteiger partial charge in [0.15, 0.2) is 5.54 Å². The van der Waals surface area contributed by atoms with E-state index in [1.807, 2.05) is 43.0 Å². The summed E-state index contributed by atoms with van der Waals surface area (Å²) < 4.78 is 0. The van der Waals surface area contributed by atoms with Gasteiger partial charge in [0.25, 0.3) is 5.91 Å². The molecule has 1 unspecified atom stereocenters. The summed E-state index contributed by atoms with van der Waals surface area (Å²) in [5, 5.41) is 4.21. The molecule has 0 fully saturated rings. The second-order valence-electron chi connectivity index (χ2n) is 8.49. The Hall–Kier alpha value is -3.08. The first-order chi connectivity index (χ1) is 14.5. The number of aromatic amines is 1. The quantitative estimate of drug-likeness (QED) is 0.679. The number of benzene rings is 2. The summed E-state index contributed by atoms with van der Waals surface area (Å²) in [7, 11) is 0. The van der Waals surface area contributed by atoms with E-state index in [2.05, 4.69) is 35.4 Å². The van der Waals surface area contributed by atoms with Gasteiger partial charge in [0.1, 0.15) is 0 Å². The maximum absolute atomic E-state index is 13.7. The summed E-state index contributed by atoms with van der Waals surface area (Å²) in [4.78, 5) is 32.8. The number of hydrogen-bond acceptors (Lipinski definition) is 2. The van der Waals surface area contributed by atoms with E-state index in [9.17, 15) is 9.59 Å². The van der Waals surface area contributed by atoms with Crippen LogP contribution < -0.4 is 5.32 Å². The zero-order valence-electron chi connectivity index (χ0n) is 17.7. The first-order valence-electron chi connectivity index (χ1n) is 10.9. The van der Waals surface area contributed by atoms with Crippen LogP contribution in [0.2, 0.25) is 0 Å². The third-order valence-electron chi connectivity index (χ3n) is 6.91. The molecule has 0 saturated carbocycles. The minimum absolute atomic E-state index is 0.0624. The van der Waals surface area contributed by atoms with Crippen molar-refractivity contribution in [1.82, 2.24) is 9.88 Å². The van der Waals surface area contributed by atoms with Crippen molar-refractivity contribution in [2.45, 2.75) is 45.6 Å². The lowest BCUT2D eigenvalue weighted by Gasteiger charge is -2.44. The Morgan fingerprint density at radius 3 is 2.70 bits per heavy atom. The van der Waals surface area contributed by atoms with Crippen LogP contribution in [0.5, 0.6) is 0 Å². The van der Waals surface area contributed by atoms with Crippen molar-refractivity contribution in [3.05, 3.63) is 64.8 Å². The van der Waals surface area contributed by atoms with Crippen LogP contribution in [0.4, 0.5) is 5.69 Å². The van der Waals surface area contributed by atoms with Crippen molar-refractivity contribution in [3.63, 3.8) is 0 Å². The lowest BCUT2D eigenvalue weighted by molar-refractivity contribution is -0.147. The molecule has 0 bridgehead atoms. The molecule has 3 aromatic rings. The molecule has 2 amide bonds. The predicted molar refractivity (Wildman–Crippen MR) is 118 cm³/mol. The highest BCUT2D eigenvalue weighted by Gasteiger charge is 2.58. The third kappa shape index (κ3) is 2.35. The van der Waals surface area contributed by atoms with Crippen LogP contribution in [0.1, 0.15) is 49.1 Å². The number of rotatable bonds is 3. The number of nitrogens with zero attached hydrogens (tertiary/aromatic N) is 1. The minimum atomic E-state index is -1.14. The maximum Gasteiger partial charge on any atom is 0.261 e. The second kappa shape index (κ2) is 6.73. The van der Waals surface area contributed by atoms with Crippen LogP contribution in [-0.4, -0.2) is 28.2 Å². The zero-order valence-corrected chi connectivity index (χ0v) is 17.7. The largest absolute Gasteiger partial charge is 0.355 e. The normalized spacial score (nSPS) is 20.0. The van der Waals surface area contributed by atoms with Gasteiger partial charge < -0.3 is 15.2 Å². The molecule has 1 spiro atoms. The average molecular weight is 402 g/mol. The van der Waals surface area contributed by atoms with Crippen molar-refractivity contribution < 1.29 is 9.59 Å². The Labute approximate surface area is 176 Å². The van der Waals surface area contributed by atoms with E-state index in [-0.39, 0.29) is 17.7 Å². The first-order valence-corrected chi connectivity index (χ1v) is 10.9. The standard InChI is InChI=1S/C25H27N3O2/c1-4-16(5-2)23(29)28-13-12-17-18-14-15(3)10-11-20(18)26-22(17)25(28)19-8-6-7-9-21(19)27-24(25)30/h6-11,14,16,26H,4-5,12-13H2,1-3H3,(H,27,30). The molecule has 0 aliphatic carbocycles. The Kier molecular flexibility index (Phi) is 4.24. The highest BCUT2D eigenvalue weighted by Crippen LogP contribution is 2.50. The monoisotopic (exact) mass is 401 g/mol. The fourth-order valence-corrected chi connectivity index (χ4v) is 5.35. The van der Waals surface area contributed by atoms with E-state index in [1.54, 1.807) is 0 Å². The first kappa shape index (κ1) is 18.9. The number of amides is 2. The third-order valence-corrected chi connectivity index (χ3v) is 6.91. The molecule has 2 aliphatic rings. The fourth-order valence-electron chi connectivity index (χ4n) is 5.35. The van der Waals surface area contributed by atoms with Gasteiger partial charge in [-0.05, 0) is 49.9 Å². The van der Waals surface area contributed by atoms with Gasteiger partial charge in [0.2, 0.25) is 5.91 Å². The Morgan fingerprint density at radius 1 is 1.17 bits per heavy atom. The number of carbonyl (C=O) groups is 2. The Morgan fingerprint density at radius 2 is 1.93 bits per heavy atom. The van der Waals surface area contributed by atoms with Crippen molar-refractivity contribution in [2.75, 3.05) is 11.9 Å². The summed E-state index contributed by atoms with van der Waals surface area (Å²) in [6.07, 6.45) is 2.27. The molecule has 1 atom stereocenters. The van der Waals surface area contributed by atoms with Crippen LogP contribution in [0.25, 0.3) is 10.9 Å². The van der Waals surface area contributed by atoms with Gasteiger partial charge in [-0.3, -0.25) is 9.59 Å². The van der Waals surface area contributed by atoms with Gasteiger partial charge >= 0.3 is 0 Å². The van der Waals surface area contributed by atoms with Gasteiger partial charge in [-0.2, -0.15) is 0 Å². The molecule has 154 valence electrons. The van der Waals surface area contributed by atoms with E-state index in [1.165, 1.54) is 5.56 Å². The Balaban J connectivity index is 1.82. The lowest BCUT2D eigenvalue weighted by Crippen LogP contribution is -2.59. The molecule has 2 aliphatic heterocycles. The number of aromatic nitrogens is 1. The van der Waals surface area contributed by atoms with E-state index in [0.29, 0.717) is 6.54 Å². The van der Waals surface area contributed by atoms with E-state index < -0.39 is 5.54 Å². The molecule has 30 heavy (non-hydrogen) atoms. The molecular formula is C25H27N3O2. The van der Waals surface area contributed by atoms with Crippen molar-refractivity contribution >= 4 is 28.4 Å². The van der Waals surface area contributed by atoms with E-state index >= 15 is 0 Å². The number of fused-ring (bicyclic) bond motifs is 6. The van der Waals surface area contributed by atoms with Gasteiger partial charge in [0.05, 0.1) is 5.69 Å². The summed E-state index contributed by atoms with van der Waals surface area (Å²) in [6.45, 7) is 6.70. The molecule has 0 radical (unpaired) electrons. The molecule has 3 heterocycles. The highest BCUT2D eigenvalue weighted by atomic mass is 16.2. The van der Waals surface area contributed by atoms with Crippen LogP contribution in [0, 0.1) is 12.8 Å². The zero-order chi connectivity index (χ0) is 21.0. The fraction of sp³-hybridized carbons (Fsp3) is 0.360. The number of aryl methyl sites for hydroxylation is 1. The minimum Gasteiger partial charge on any atom is -0.355 e. The van der Waals surface area contributed by atoms with Gasteiger partial charge in [0, 0.05) is 34.6 Å². The summed E-state index contributed by atoms with van der Waals surface area (Å²) in [5.41, 5.74) is 4.69. The second-order valence-corrected chi connectivity index (χ2v) is 8.49. The van der Waals surface area contributed by atoms with Gasteiger partial charge in [-0.15, -0.1) is 0 Å². The molecule has 5 nitrogen and oxygen atoms in total. The molecular weight excluding hydrogens is 374 g/mol. The van der Waals surface area contributed by atoms with Crippen LogP contribution in [0.3, 0.4) is 0 Å². The van der Waals surface area contributed by atoms with E-state index in [4.69, 9.17) is 0 Å². The lowest BCUT2D eigenvalue weighted by atomic mass is 9.79. The summed E-state index contributed by atoms with van der Waals surface area (Å²) in [6, 6.07) is 14.1. The average Bonchev–Trinajstić information content (AvgIpc) is 3.25. The topological polar surface area (TPSA) is 65.2 Å². The van der Waals surface area contributed by atoms with Crippen molar-refractivity contribution in [3.8, 4) is 0 Å². The smallest absolute Gasteiger partial charge is 0.261 e. The number of anilines is 1. The van der Waals surface area contributed by atoms with Gasteiger partial charge in [-0.25, -0.2) is 0 Å². The number of hydrogen-bond donors (Lipinski definition) is 2. The molecule has 5 heteroatoms. The van der Waals surface area contributed by atoms with Crippen LogP contribution in [0.15, 0.2) is 42.5 Å². The molecule has 1 aromatic heterocycles. The molecule has 2 N–H and O–H groups in total. The van der Waals surface area contributed by atoms with E-state index in [0.717, 1.165) is 52.7 Å². The highest BCUT2D eigenvalue weighted by molar-refractivity contribution is 6.11. The van der Waals surface area contributed by atoms with Gasteiger partial charge in [-0.1, -0.05) is 43.7 Å². The number of carbonyl (C=O) groups excluding carboxylic acids is 2. The van der Waals surface area contributed by atoms with Crippen LogP contribution in [-0.2, 0) is 21.5 Å². The molecule has 2 aromatic carbocycles. The number of H-pyrrole nitrogens is 1. The Bertz CT molecular complexity index is 1170. The molecule has 0 saturated heterocycles. The van der Waals surface area contributed by atoms with Crippen molar-refractivity contribution in [1.29, 1.82) is 0 Å². The van der Waals surface area contributed by atoms with Crippen molar-refractivity contribution in [2.24, 2.45) is 5.92 Å². The SMILES string of the molecule is CCC(CC)C(=O)N1CCc2c([nH]c3ccc(C)cc23)C12C(=O)Nc1ccccc12.